The summed E-state index contributed by atoms with van der Waals surface area (Å²) in [7, 11) is -1.61. The Labute approximate surface area is 159 Å². The van der Waals surface area contributed by atoms with Crippen LogP contribution in [-0.4, -0.2) is 14.9 Å². The fraction of sp³-hybridized carbons (Fsp3) is 0.545. The highest BCUT2D eigenvalue weighted by Crippen LogP contribution is 2.36. The molecule has 144 valence electrons. The van der Waals surface area contributed by atoms with E-state index in [0.717, 1.165) is 55.3 Å². The summed E-state index contributed by atoms with van der Waals surface area (Å²) >= 11 is 0. The molecular weight excluding hydrogens is 340 g/mol. The van der Waals surface area contributed by atoms with Crippen LogP contribution >= 0.6 is 0 Å². The van der Waals surface area contributed by atoms with Gasteiger partial charge < -0.3 is 13.3 Å². The average molecular weight is 375 g/mol. The largest absolute Gasteiger partial charge is 0.466 e. The molecule has 4 heteroatoms. The van der Waals surface area contributed by atoms with Crippen LogP contribution in [0.25, 0.3) is 6.08 Å². The lowest BCUT2D eigenvalue weighted by atomic mass is 10.2. The number of unbranched alkanes of at least 4 members (excludes halogenated alkanes) is 1. The summed E-state index contributed by atoms with van der Waals surface area (Å²) in [5.74, 6) is 3.88. The van der Waals surface area contributed by atoms with Crippen molar-refractivity contribution in [1.82, 2.24) is 0 Å². The van der Waals surface area contributed by atoms with Gasteiger partial charge in [-0.3, -0.25) is 0 Å². The van der Waals surface area contributed by atoms with Crippen molar-refractivity contribution in [3.8, 4) is 0 Å². The number of hydrogen-bond acceptors (Lipinski definition) is 3. The quantitative estimate of drug-likeness (QED) is 0.358. The molecule has 26 heavy (non-hydrogen) atoms. The molecule has 0 saturated heterocycles. The molecule has 0 saturated carbocycles. The summed E-state index contributed by atoms with van der Waals surface area (Å²) in [5.41, 5.74) is 0. The predicted molar refractivity (Wildman–Crippen MR) is 111 cm³/mol. The van der Waals surface area contributed by atoms with Gasteiger partial charge in [0.15, 0.2) is 8.32 Å². The van der Waals surface area contributed by atoms with Crippen molar-refractivity contribution in [3.05, 3.63) is 53.4 Å². The Bertz CT molecular complexity index is 701. The summed E-state index contributed by atoms with van der Waals surface area (Å²) in [5, 5.41) is 0.281. The van der Waals surface area contributed by atoms with E-state index in [-0.39, 0.29) is 5.04 Å². The van der Waals surface area contributed by atoms with Crippen LogP contribution in [-0.2, 0) is 17.3 Å². The Kier molecular flexibility index (Phi) is 7.13. The highest BCUT2D eigenvalue weighted by Gasteiger charge is 2.36. The Morgan fingerprint density at radius 3 is 2.38 bits per heavy atom. The van der Waals surface area contributed by atoms with Crippen LogP contribution in [0.5, 0.6) is 0 Å². The third-order valence-electron chi connectivity index (χ3n) is 5.17. The Morgan fingerprint density at radius 1 is 1.00 bits per heavy atom. The van der Waals surface area contributed by atoms with E-state index in [4.69, 9.17) is 13.3 Å². The third-order valence-corrected chi connectivity index (χ3v) is 9.70. The molecule has 0 spiro atoms. The monoisotopic (exact) mass is 374 g/mol. The first kappa shape index (κ1) is 20.8. The Morgan fingerprint density at radius 2 is 1.73 bits per heavy atom. The predicted octanol–water partition coefficient (Wildman–Crippen LogP) is 6.78. The highest BCUT2D eigenvalue weighted by molar-refractivity contribution is 6.74. The van der Waals surface area contributed by atoms with E-state index in [9.17, 15) is 0 Å². The SMILES string of the molecule is Cc1ccc(C/C=C\c2ccc(CCCCO[Si](C)(C)C(C)(C)C)o2)o1. The zero-order valence-electron chi connectivity index (χ0n) is 17.2. The van der Waals surface area contributed by atoms with Crippen LogP contribution < -0.4 is 0 Å². The summed E-state index contributed by atoms with van der Waals surface area (Å²) in [6, 6.07) is 8.11. The first-order chi connectivity index (χ1) is 12.2. The van der Waals surface area contributed by atoms with E-state index in [1.54, 1.807) is 0 Å². The number of aryl methyl sites for hydroxylation is 2. The van der Waals surface area contributed by atoms with E-state index >= 15 is 0 Å². The minimum atomic E-state index is -1.61. The average Bonchev–Trinajstić information content (AvgIpc) is 3.15. The molecule has 2 heterocycles. The molecule has 3 nitrogen and oxygen atoms in total. The molecule has 0 bridgehead atoms. The van der Waals surface area contributed by atoms with Crippen molar-refractivity contribution >= 4 is 14.4 Å². The second kappa shape index (κ2) is 8.91. The molecule has 0 aliphatic heterocycles. The van der Waals surface area contributed by atoms with Crippen LogP contribution in [0, 0.1) is 6.92 Å². The van der Waals surface area contributed by atoms with Gasteiger partial charge in [-0.2, -0.15) is 0 Å². The van der Waals surface area contributed by atoms with Crippen molar-refractivity contribution in [2.75, 3.05) is 6.61 Å². The van der Waals surface area contributed by atoms with Gasteiger partial charge >= 0.3 is 0 Å². The summed E-state index contributed by atoms with van der Waals surface area (Å²) in [6.07, 6.45) is 8.02. The van der Waals surface area contributed by atoms with Crippen molar-refractivity contribution in [1.29, 1.82) is 0 Å². The number of rotatable bonds is 9. The van der Waals surface area contributed by atoms with Gasteiger partial charge in [0.1, 0.15) is 23.0 Å². The molecule has 2 rings (SSSR count). The number of hydrogen-bond donors (Lipinski definition) is 0. The van der Waals surface area contributed by atoms with Crippen LogP contribution in [0.3, 0.4) is 0 Å². The lowest BCUT2D eigenvalue weighted by molar-refractivity contribution is 0.278. The maximum Gasteiger partial charge on any atom is 0.191 e. The first-order valence-corrected chi connectivity index (χ1v) is 12.5. The van der Waals surface area contributed by atoms with Crippen LogP contribution in [0.4, 0.5) is 0 Å². The zero-order valence-corrected chi connectivity index (χ0v) is 18.2. The smallest absolute Gasteiger partial charge is 0.191 e. The van der Waals surface area contributed by atoms with Gasteiger partial charge in [0, 0.05) is 19.4 Å². The van der Waals surface area contributed by atoms with Crippen LogP contribution in [0.15, 0.2) is 39.2 Å². The Balaban J connectivity index is 1.68. The second-order valence-corrected chi connectivity index (χ2v) is 13.3. The molecule has 0 aromatic carbocycles. The van der Waals surface area contributed by atoms with Crippen molar-refractivity contribution < 1.29 is 13.3 Å². The van der Waals surface area contributed by atoms with Gasteiger partial charge in [-0.15, -0.1) is 0 Å². The summed E-state index contributed by atoms with van der Waals surface area (Å²) in [6.45, 7) is 14.3. The molecule has 0 atom stereocenters. The summed E-state index contributed by atoms with van der Waals surface area (Å²) in [4.78, 5) is 0. The molecular formula is C22H34O3Si. The first-order valence-electron chi connectivity index (χ1n) is 9.62. The van der Waals surface area contributed by atoms with Crippen LogP contribution in [0.1, 0.15) is 56.7 Å². The topological polar surface area (TPSA) is 35.5 Å². The van der Waals surface area contributed by atoms with Gasteiger partial charge in [0.05, 0.1) is 0 Å². The molecule has 0 fully saturated rings. The molecule has 2 aromatic rings. The van der Waals surface area contributed by atoms with Crippen molar-refractivity contribution in [3.63, 3.8) is 0 Å². The van der Waals surface area contributed by atoms with Crippen LogP contribution in [0.2, 0.25) is 18.1 Å². The van der Waals surface area contributed by atoms with E-state index < -0.39 is 8.32 Å². The lowest BCUT2D eigenvalue weighted by Gasteiger charge is -2.36. The number of furan rings is 2. The van der Waals surface area contributed by atoms with Gasteiger partial charge in [-0.05, 0) is 68.2 Å². The molecule has 0 aliphatic rings. The molecule has 0 aliphatic carbocycles. The van der Waals surface area contributed by atoms with E-state index in [0.29, 0.717) is 0 Å². The highest BCUT2D eigenvalue weighted by atomic mass is 28.4. The fourth-order valence-corrected chi connectivity index (χ4v) is 3.54. The molecule has 0 N–H and O–H groups in total. The maximum atomic E-state index is 6.22. The van der Waals surface area contributed by atoms with E-state index in [1.807, 2.05) is 31.2 Å². The van der Waals surface area contributed by atoms with Crippen molar-refractivity contribution in [2.45, 2.75) is 71.5 Å². The van der Waals surface area contributed by atoms with Gasteiger partial charge in [-0.25, -0.2) is 0 Å². The Hall–Kier alpha value is -1.52. The standard InChI is InChI=1S/C22H34O3Si/c1-18-13-14-19(24-18)11-9-12-21-16-15-20(25-21)10-7-8-17-23-26(5,6)22(2,3)4/h9,12-16H,7-8,10-11,17H2,1-6H3/b12-9-. The normalized spacial score (nSPS) is 13.0. The van der Waals surface area contributed by atoms with E-state index in [2.05, 4.69) is 46.0 Å². The zero-order chi connectivity index (χ0) is 19.2. The minimum Gasteiger partial charge on any atom is -0.466 e. The molecule has 0 radical (unpaired) electrons. The number of allylic oxidation sites excluding steroid dienone is 1. The van der Waals surface area contributed by atoms with Crippen molar-refractivity contribution in [2.24, 2.45) is 0 Å². The van der Waals surface area contributed by atoms with Gasteiger partial charge in [0.25, 0.3) is 0 Å². The maximum absolute atomic E-state index is 6.22. The fourth-order valence-electron chi connectivity index (χ4n) is 2.45. The molecule has 2 aromatic heterocycles. The van der Waals surface area contributed by atoms with E-state index in [1.165, 1.54) is 0 Å². The minimum absolute atomic E-state index is 0.281. The second-order valence-electron chi connectivity index (χ2n) is 8.49. The van der Waals surface area contributed by atoms with Gasteiger partial charge in [0.2, 0.25) is 0 Å². The summed E-state index contributed by atoms with van der Waals surface area (Å²) < 4.78 is 17.7. The lowest BCUT2D eigenvalue weighted by Crippen LogP contribution is -2.40. The van der Waals surface area contributed by atoms with Gasteiger partial charge in [-0.1, -0.05) is 26.8 Å². The third kappa shape index (κ3) is 6.33. The molecule has 0 amide bonds. The molecule has 0 unspecified atom stereocenters.